The summed E-state index contributed by atoms with van der Waals surface area (Å²) in [7, 11) is 0. The van der Waals surface area contributed by atoms with Crippen molar-refractivity contribution in [3.8, 4) is 11.4 Å². The molecular formula is C16H17N3O2. The molecule has 4 rings (SSSR count). The fourth-order valence-corrected chi connectivity index (χ4v) is 3.04. The van der Waals surface area contributed by atoms with Crippen molar-refractivity contribution in [2.75, 3.05) is 6.54 Å². The molecule has 0 atom stereocenters. The third kappa shape index (κ3) is 2.05. The normalized spacial score (nSPS) is 17.0. The van der Waals surface area contributed by atoms with E-state index < -0.39 is 0 Å². The van der Waals surface area contributed by atoms with Gasteiger partial charge in [0.1, 0.15) is 11.8 Å². The second-order valence-corrected chi connectivity index (χ2v) is 5.89. The Hall–Kier alpha value is -2.14. The van der Waals surface area contributed by atoms with E-state index in [1.165, 1.54) is 6.42 Å². The van der Waals surface area contributed by atoms with Gasteiger partial charge >= 0.3 is 0 Å². The van der Waals surface area contributed by atoms with Crippen LogP contribution < -0.4 is 5.73 Å². The number of nitrogens with zero attached hydrogens (tertiary/aromatic N) is 2. The van der Waals surface area contributed by atoms with Crippen LogP contribution in [0.2, 0.25) is 0 Å². The maximum Gasteiger partial charge on any atom is 0.227 e. The van der Waals surface area contributed by atoms with Crippen LogP contribution in [0.5, 0.6) is 0 Å². The summed E-state index contributed by atoms with van der Waals surface area (Å²) in [5.74, 6) is 1.25. The number of nitrogens with two attached hydrogens (primary N) is 1. The predicted molar refractivity (Wildman–Crippen MR) is 78.5 cm³/mol. The summed E-state index contributed by atoms with van der Waals surface area (Å²) in [6, 6.07) is 7.84. The van der Waals surface area contributed by atoms with E-state index in [2.05, 4.69) is 10.1 Å². The number of benzene rings is 1. The first-order chi connectivity index (χ1) is 10.3. The molecule has 1 aliphatic carbocycles. The molecule has 1 aliphatic rings. The van der Waals surface area contributed by atoms with Gasteiger partial charge in [-0.25, -0.2) is 0 Å². The molecule has 0 aliphatic heterocycles. The molecule has 0 saturated heterocycles. The number of furan rings is 1. The van der Waals surface area contributed by atoms with Gasteiger partial charge in [0.25, 0.3) is 0 Å². The molecule has 21 heavy (non-hydrogen) atoms. The van der Waals surface area contributed by atoms with Gasteiger partial charge in [-0.1, -0.05) is 29.8 Å². The van der Waals surface area contributed by atoms with Crippen LogP contribution in [0.15, 0.2) is 39.5 Å². The van der Waals surface area contributed by atoms with Crippen LogP contribution in [0.3, 0.4) is 0 Å². The molecule has 0 unspecified atom stereocenters. The van der Waals surface area contributed by atoms with E-state index >= 15 is 0 Å². The molecule has 3 aromatic rings. The molecule has 0 spiro atoms. The molecule has 2 heterocycles. The minimum absolute atomic E-state index is 0.169. The number of hydrogen-bond donors (Lipinski definition) is 1. The Labute approximate surface area is 122 Å². The van der Waals surface area contributed by atoms with Gasteiger partial charge in [-0.3, -0.25) is 0 Å². The van der Waals surface area contributed by atoms with Crippen molar-refractivity contribution in [2.24, 2.45) is 11.1 Å². The molecule has 1 fully saturated rings. The number of para-hydroxylation sites is 1. The van der Waals surface area contributed by atoms with Gasteiger partial charge in [0.2, 0.25) is 11.7 Å². The minimum Gasteiger partial charge on any atom is -0.464 e. The predicted octanol–water partition coefficient (Wildman–Crippen LogP) is 3.15. The number of rotatable bonds is 4. The highest BCUT2D eigenvalue weighted by atomic mass is 16.5. The lowest BCUT2D eigenvalue weighted by atomic mass is 9.67. The molecule has 0 radical (unpaired) electrons. The Bertz CT molecular complexity index is 765. The smallest absolute Gasteiger partial charge is 0.227 e. The highest BCUT2D eigenvalue weighted by molar-refractivity contribution is 5.91. The molecular weight excluding hydrogens is 266 g/mol. The van der Waals surface area contributed by atoms with Crippen LogP contribution in [0.4, 0.5) is 0 Å². The zero-order valence-corrected chi connectivity index (χ0v) is 11.7. The fourth-order valence-electron chi connectivity index (χ4n) is 3.04. The summed E-state index contributed by atoms with van der Waals surface area (Å²) >= 11 is 0. The van der Waals surface area contributed by atoms with Gasteiger partial charge in [0.15, 0.2) is 0 Å². The Morgan fingerprint density at radius 1 is 1.24 bits per heavy atom. The molecule has 0 amide bonds. The Balaban J connectivity index is 1.65. The van der Waals surface area contributed by atoms with Crippen LogP contribution in [0, 0.1) is 5.41 Å². The summed E-state index contributed by atoms with van der Waals surface area (Å²) in [6.45, 7) is 0.680. The van der Waals surface area contributed by atoms with Crippen LogP contribution in [0.25, 0.3) is 22.4 Å². The first-order valence-electron chi connectivity index (χ1n) is 7.29. The zero-order valence-electron chi connectivity index (χ0n) is 11.7. The maximum absolute atomic E-state index is 5.89. The van der Waals surface area contributed by atoms with Crippen molar-refractivity contribution in [2.45, 2.75) is 25.7 Å². The van der Waals surface area contributed by atoms with E-state index in [0.717, 1.165) is 35.8 Å². The Kier molecular flexibility index (Phi) is 2.82. The second kappa shape index (κ2) is 4.70. The number of aromatic nitrogens is 2. The largest absolute Gasteiger partial charge is 0.464 e. The summed E-state index contributed by atoms with van der Waals surface area (Å²) in [4.78, 5) is 4.52. The number of fused-ring (bicyclic) bond motifs is 1. The van der Waals surface area contributed by atoms with Crippen molar-refractivity contribution in [3.63, 3.8) is 0 Å². The highest BCUT2D eigenvalue weighted by Crippen LogP contribution is 2.42. The average Bonchev–Trinajstić information content (AvgIpc) is 3.09. The topological polar surface area (TPSA) is 78.1 Å². The highest BCUT2D eigenvalue weighted by Gasteiger charge is 2.37. The average molecular weight is 283 g/mol. The van der Waals surface area contributed by atoms with E-state index in [0.29, 0.717) is 18.3 Å². The van der Waals surface area contributed by atoms with Crippen molar-refractivity contribution in [1.82, 2.24) is 10.1 Å². The summed E-state index contributed by atoms with van der Waals surface area (Å²) in [6.07, 6.45) is 5.99. The van der Waals surface area contributed by atoms with Gasteiger partial charge < -0.3 is 14.7 Å². The second-order valence-electron chi connectivity index (χ2n) is 5.89. The minimum atomic E-state index is 0.169. The van der Waals surface area contributed by atoms with Gasteiger partial charge in [0, 0.05) is 11.8 Å². The van der Waals surface area contributed by atoms with Gasteiger partial charge in [-0.15, -0.1) is 0 Å². The summed E-state index contributed by atoms with van der Waals surface area (Å²) in [5.41, 5.74) is 7.76. The maximum atomic E-state index is 5.89. The van der Waals surface area contributed by atoms with Crippen molar-refractivity contribution in [1.29, 1.82) is 0 Å². The van der Waals surface area contributed by atoms with Crippen LogP contribution in [-0.4, -0.2) is 16.7 Å². The molecule has 0 bridgehead atoms. The Morgan fingerprint density at radius 2 is 2.10 bits per heavy atom. The molecule has 5 nitrogen and oxygen atoms in total. The Morgan fingerprint density at radius 3 is 2.86 bits per heavy atom. The lowest BCUT2D eigenvalue weighted by Crippen LogP contribution is -2.39. The van der Waals surface area contributed by atoms with E-state index in [-0.39, 0.29) is 5.41 Å². The molecule has 1 aromatic carbocycles. The zero-order chi connectivity index (χ0) is 14.3. The van der Waals surface area contributed by atoms with Crippen molar-refractivity contribution >= 4 is 11.0 Å². The summed E-state index contributed by atoms with van der Waals surface area (Å²) < 4.78 is 10.9. The van der Waals surface area contributed by atoms with Gasteiger partial charge in [-0.05, 0) is 30.9 Å². The van der Waals surface area contributed by atoms with Crippen LogP contribution in [0.1, 0.15) is 25.2 Å². The third-order valence-electron chi connectivity index (χ3n) is 4.56. The van der Waals surface area contributed by atoms with Crippen LogP contribution in [-0.2, 0) is 6.42 Å². The SMILES string of the molecule is NCC1(Cc2nc(-c3coc4ccccc34)no2)CCC1. The van der Waals surface area contributed by atoms with Crippen molar-refractivity contribution in [3.05, 3.63) is 36.4 Å². The van der Waals surface area contributed by atoms with E-state index in [1.807, 2.05) is 24.3 Å². The standard InChI is InChI=1S/C16H17N3O2/c17-10-16(6-3-7-16)8-14-18-15(19-21-14)12-9-20-13-5-2-1-4-11(12)13/h1-2,4-5,9H,3,6-8,10,17H2. The van der Waals surface area contributed by atoms with E-state index in [4.69, 9.17) is 14.7 Å². The molecule has 5 heteroatoms. The van der Waals surface area contributed by atoms with Gasteiger partial charge in [-0.2, -0.15) is 4.98 Å². The number of hydrogen-bond acceptors (Lipinski definition) is 5. The molecule has 2 aromatic heterocycles. The third-order valence-corrected chi connectivity index (χ3v) is 4.56. The van der Waals surface area contributed by atoms with E-state index in [1.54, 1.807) is 6.26 Å². The van der Waals surface area contributed by atoms with E-state index in [9.17, 15) is 0 Å². The van der Waals surface area contributed by atoms with Gasteiger partial charge in [0.05, 0.1) is 5.56 Å². The molecule has 1 saturated carbocycles. The van der Waals surface area contributed by atoms with Crippen LogP contribution >= 0.6 is 0 Å². The summed E-state index contributed by atoms with van der Waals surface area (Å²) in [5, 5.41) is 5.10. The lowest BCUT2D eigenvalue weighted by molar-refractivity contribution is 0.129. The monoisotopic (exact) mass is 283 g/mol. The van der Waals surface area contributed by atoms with Crippen molar-refractivity contribution < 1.29 is 8.94 Å². The molecule has 108 valence electrons. The molecule has 2 N–H and O–H groups in total. The lowest BCUT2D eigenvalue weighted by Gasteiger charge is -2.39. The fraction of sp³-hybridized carbons (Fsp3) is 0.375. The first kappa shape index (κ1) is 12.6. The first-order valence-corrected chi connectivity index (χ1v) is 7.29. The quantitative estimate of drug-likeness (QED) is 0.795.